The van der Waals surface area contributed by atoms with Crippen LogP contribution in [-0.2, 0) is 0 Å². The fourth-order valence-corrected chi connectivity index (χ4v) is 3.08. The molecule has 3 rings (SSSR count). The van der Waals surface area contributed by atoms with E-state index in [-0.39, 0.29) is 17.5 Å². The zero-order chi connectivity index (χ0) is 16.4. The van der Waals surface area contributed by atoms with Crippen LogP contribution < -0.4 is 0 Å². The molecule has 0 saturated carbocycles. The van der Waals surface area contributed by atoms with Crippen molar-refractivity contribution in [1.82, 2.24) is 19.8 Å². The van der Waals surface area contributed by atoms with E-state index in [0.717, 1.165) is 24.5 Å². The number of aromatic amines is 1. The number of H-pyrrole nitrogens is 1. The summed E-state index contributed by atoms with van der Waals surface area (Å²) in [5.74, 6) is 0.126. The first-order chi connectivity index (χ1) is 11.1. The van der Waals surface area contributed by atoms with Gasteiger partial charge in [-0.05, 0) is 25.6 Å². The van der Waals surface area contributed by atoms with Crippen LogP contribution in [-0.4, -0.2) is 51.9 Å². The number of imidazole rings is 1. The highest BCUT2D eigenvalue weighted by Gasteiger charge is 2.32. The molecule has 0 aliphatic carbocycles. The molecule has 1 amide bonds. The fourth-order valence-electron chi connectivity index (χ4n) is 3.08. The van der Waals surface area contributed by atoms with E-state index in [9.17, 15) is 9.18 Å². The summed E-state index contributed by atoms with van der Waals surface area (Å²) in [5.41, 5.74) is 1.03. The SMILES string of the molecule is CCN1CCN(C(=O)c2cc(C)ccc2F)C[C@H]1c1ncc[nH]1. The van der Waals surface area contributed by atoms with E-state index >= 15 is 0 Å². The van der Waals surface area contributed by atoms with Crippen LogP contribution in [0.15, 0.2) is 30.6 Å². The lowest BCUT2D eigenvalue weighted by Crippen LogP contribution is -2.50. The molecule has 0 bridgehead atoms. The molecule has 0 spiro atoms. The smallest absolute Gasteiger partial charge is 0.256 e. The van der Waals surface area contributed by atoms with Gasteiger partial charge in [-0.15, -0.1) is 0 Å². The molecule has 0 unspecified atom stereocenters. The Bertz CT molecular complexity index is 686. The number of rotatable bonds is 3. The molecule has 1 aromatic heterocycles. The molecule has 1 aliphatic heterocycles. The third-order valence-electron chi connectivity index (χ3n) is 4.37. The van der Waals surface area contributed by atoms with E-state index in [1.54, 1.807) is 29.4 Å². The van der Waals surface area contributed by atoms with Crippen molar-refractivity contribution < 1.29 is 9.18 Å². The van der Waals surface area contributed by atoms with Crippen molar-refractivity contribution in [3.63, 3.8) is 0 Å². The van der Waals surface area contributed by atoms with E-state index in [1.807, 2.05) is 6.92 Å². The van der Waals surface area contributed by atoms with Crippen LogP contribution in [0.3, 0.4) is 0 Å². The predicted octanol–water partition coefficient (Wildman–Crippen LogP) is 2.38. The molecule has 1 atom stereocenters. The van der Waals surface area contributed by atoms with Crippen LogP contribution in [0.4, 0.5) is 4.39 Å². The molecule has 1 saturated heterocycles. The number of carbonyl (C=O) groups excluding carboxylic acids is 1. The van der Waals surface area contributed by atoms with E-state index in [1.165, 1.54) is 6.07 Å². The molecule has 23 heavy (non-hydrogen) atoms. The average molecular weight is 316 g/mol. The Morgan fingerprint density at radius 3 is 2.96 bits per heavy atom. The standard InChI is InChI=1S/C17H21FN4O/c1-3-21-8-9-22(11-15(21)16-19-6-7-20-16)17(23)13-10-12(2)4-5-14(13)18/h4-7,10,15H,3,8-9,11H2,1-2H3,(H,19,20)/t15-/m0/s1. The Kier molecular flexibility index (Phi) is 4.43. The van der Waals surface area contributed by atoms with Gasteiger partial charge in [-0.25, -0.2) is 9.37 Å². The van der Waals surface area contributed by atoms with E-state index in [0.29, 0.717) is 13.1 Å². The highest BCUT2D eigenvalue weighted by Crippen LogP contribution is 2.24. The number of nitrogens with zero attached hydrogens (tertiary/aromatic N) is 3. The Morgan fingerprint density at radius 1 is 1.43 bits per heavy atom. The maximum Gasteiger partial charge on any atom is 0.256 e. The summed E-state index contributed by atoms with van der Waals surface area (Å²) in [6, 6.07) is 4.66. The summed E-state index contributed by atoms with van der Waals surface area (Å²) in [4.78, 5) is 24.2. The number of aromatic nitrogens is 2. The van der Waals surface area contributed by atoms with Gasteiger partial charge in [0.25, 0.3) is 5.91 Å². The highest BCUT2D eigenvalue weighted by molar-refractivity contribution is 5.94. The molecule has 1 N–H and O–H groups in total. The maximum absolute atomic E-state index is 14.0. The molecule has 6 heteroatoms. The molecular weight excluding hydrogens is 295 g/mol. The Balaban J connectivity index is 1.83. The monoisotopic (exact) mass is 316 g/mol. The lowest BCUT2D eigenvalue weighted by molar-refractivity contribution is 0.0476. The molecule has 0 radical (unpaired) electrons. The Hall–Kier alpha value is -2.21. The minimum atomic E-state index is -0.465. The molecule has 1 aromatic carbocycles. The van der Waals surface area contributed by atoms with Crippen molar-refractivity contribution in [3.05, 3.63) is 53.4 Å². The van der Waals surface area contributed by atoms with E-state index in [4.69, 9.17) is 0 Å². The predicted molar refractivity (Wildman–Crippen MR) is 85.6 cm³/mol. The zero-order valence-electron chi connectivity index (χ0n) is 13.4. The molecule has 5 nitrogen and oxygen atoms in total. The zero-order valence-corrected chi connectivity index (χ0v) is 13.4. The van der Waals surface area contributed by atoms with Crippen molar-refractivity contribution in [2.24, 2.45) is 0 Å². The minimum absolute atomic E-state index is 0.0144. The molecule has 2 aromatic rings. The van der Waals surface area contributed by atoms with Gasteiger partial charge in [0, 0.05) is 32.0 Å². The minimum Gasteiger partial charge on any atom is -0.347 e. The number of hydrogen-bond donors (Lipinski definition) is 1. The van der Waals surface area contributed by atoms with Crippen molar-refractivity contribution in [2.75, 3.05) is 26.2 Å². The van der Waals surface area contributed by atoms with Crippen molar-refractivity contribution >= 4 is 5.91 Å². The molecule has 1 aliphatic rings. The quantitative estimate of drug-likeness (QED) is 0.946. The first-order valence-electron chi connectivity index (χ1n) is 7.89. The molecule has 2 heterocycles. The second kappa shape index (κ2) is 6.50. The van der Waals surface area contributed by atoms with Crippen LogP contribution in [0.2, 0.25) is 0 Å². The summed E-state index contributed by atoms with van der Waals surface area (Å²) >= 11 is 0. The maximum atomic E-state index is 14.0. The van der Waals surface area contributed by atoms with Crippen LogP contribution in [0.25, 0.3) is 0 Å². The summed E-state index contributed by atoms with van der Waals surface area (Å²) in [6.07, 6.45) is 3.49. The molecular formula is C17H21FN4O. The number of likely N-dealkylation sites (N-methyl/N-ethyl adjacent to an activating group) is 1. The third kappa shape index (κ3) is 3.12. The van der Waals surface area contributed by atoms with Gasteiger partial charge in [0.2, 0.25) is 0 Å². The van der Waals surface area contributed by atoms with Crippen LogP contribution >= 0.6 is 0 Å². The second-order valence-corrected chi connectivity index (χ2v) is 5.85. The number of benzene rings is 1. The molecule has 1 fully saturated rings. The number of piperazine rings is 1. The Labute approximate surface area is 135 Å². The van der Waals surface area contributed by atoms with E-state index in [2.05, 4.69) is 21.8 Å². The van der Waals surface area contributed by atoms with Crippen molar-refractivity contribution in [1.29, 1.82) is 0 Å². The summed E-state index contributed by atoms with van der Waals surface area (Å²) < 4.78 is 14.0. The summed E-state index contributed by atoms with van der Waals surface area (Å²) in [6.45, 7) is 6.68. The van der Waals surface area contributed by atoms with Gasteiger partial charge in [0.1, 0.15) is 11.6 Å². The van der Waals surface area contributed by atoms with Gasteiger partial charge in [0.15, 0.2) is 0 Å². The number of hydrogen-bond acceptors (Lipinski definition) is 3. The highest BCUT2D eigenvalue weighted by atomic mass is 19.1. The lowest BCUT2D eigenvalue weighted by Gasteiger charge is -2.40. The normalized spacial score (nSPS) is 19.1. The summed E-state index contributed by atoms with van der Waals surface area (Å²) in [7, 11) is 0. The van der Waals surface area contributed by atoms with Gasteiger partial charge >= 0.3 is 0 Å². The van der Waals surface area contributed by atoms with Crippen LogP contribution in [0, 0.1) is 12.7 Å². The third-order valence-corrected chi connectivity index (χ3v) is 4.37. The number of amides is 1. The first-order valence-corrected chi connectivity index (χ1v) is 7.89. The number of nitrogens with one attached hydrogen (secondary N) is 1. The Morgan fingerprint density at radius 2 is 2.26 bits per heavy atom. The number of carbonyl (C=O) groups is 1. The lowest BCUT2D eigenvalue weighted by atomic mass is 10.1. The summed E-state index contributed by atoms with van der Waals surface area (Å²) in [5, 5.41) is 0. The van der Waals surface area contributed by atoms with Gasteiger partial charge < -0.3 is 9.88 Å². The first kappa shape index (κ1) is 15.7. The van der Waals surface area contributed by atoms with Crippen molar-refractivity contribution in [2.45, 2.75) is 19.9 Å². The topological polar surface area (TPSA) is 52.2 Å². The molecule has 122 valence electrons. The van der Waals surface area contributed by atoms with Gasteiger partial charge in [-0.1, -0.05) is 18.6 Å². The number of halogens is 1. The van der Waals surface area contributed by atoms with Gasteiger partial charge in [-0.2, -0.15) is 0 Å². The largest absolute Gasteiger partial charge is 0.347 e. The average Bonchev–Trinajstić information content (AvgIpc) is 3.10. The van der Waals surface area contributed by atoms with Gasteiger partial charge in [-0.3, -0.25) is 9.69 Å². The second-order valence-electron chi connectivity index (χ2n) is 5.85. The van der Waals surface area contributed by atoms with E-state index < -0.39 is 5.82 Å². The van der Waals surface area contributed by atoms with Crippen LogP contribution in [0.5, 0.6) is 0 Å². The van der Waals surface area contributed by atoms with Crippen molar-refractivity contribution in [3.8, 4) is 0 Å². The number of aryl methyl sites for hydroxylation is 1. The van der Waals surface area contributed by atoms with Gasteiger partial charge in [0.05, 0.1) is 11.6 Å². The fraction of sp³-hybridized carbons (Fsp3) is 0.412. The van der Waals surface area contributed by atoms with Crippen LogP contribution in [0.1, 0.15) is 34.7 Å².